The summed E-state index contributed by atoms with van der Waals surface area (Å²) in [6.45, 7) is 9.96. The van der Waals surface area contributed by atoms with E-state index in [1.165, 1.54) is 0 Å². The van der Waals surface area contributed by atoms with Crippen LogP contribution in [0.25, 0.3) is 10.9 Å². The summed E-state index contributed by atoms with van der Waals surface area (Å²) in [4.78, 5) is 31.6. The van der Waals surface area contributed by atoms with Crippen LogP contribution >= 0.6 is 0 Å². The number of amides is 1. The Bertz CT molecular complexity index is 916. The Labute approximate surface area is 165 Å². The molecule has 0 radical (unpaired) electrons. The van der Waals surface area contributed by atoms with E-state index in [9.17, 15) is 9.59 Å². The van der Waals surface area contributed by atoms with Crippen LogP contribution in [0.4, 0.5) is 4.79 Å². The summed E-state index contributed by atoms with van der Waals surface area (Å²) < 4.78 is 6.99. The van der Waals surface area contributed by atoms with E-state index >= 15 is 0 Å². The number of para-hydroxylation sites is 1. The highest BCUT2D eigenvalue weighted by Crippen LogP contribution is 2.22. The van der Waals surface area contributed by atoms with E-state index in [2.05, 4.69) is 15.2 Å². The summed E-state index contributed by atoms with van der Waals surface area (Å²) in [5, 5.41) is 3.59. The van der Waals surface area contributed by atoms with Gasteiger partial charge in [-0.05, 0) is 58.7 Å². The summed E-state index contributed by atoms with van der Waals surface area (Å²) in [6.07, 6.45) is 0.607. The highest BCUT2D eigenvalue weighted by molar-refractivity contribution is 5.77. The molecule has 2 aromatic rings. The normalized spacial score (nSPS) is 19.0. The molecular formula is C21H30N4O3. The van der Waals surface area contributed by atoms with Gasteiger partial charge in [0.25, 0.3) is 5.56 Å². The topological polar surface area (TPSA) is 76.5 Å². The molecule has 1 N–H and O–H groups in total. The lowest BCUT2D eigenvalue weighted by Crippen LogP contribution is -2.42. The molecule has 7 nitrogen and oxygen atoms in total. The Kier molecular flexibility index (Phi) is 5.74. The van der Waals surface area contributed by atoms with E-state index in [1.807, 2.05) is 52.0 Å². The number of fused-ring (bicyclic) bond motifs is 1. The third-order valence-electron chi connectivity index (χ3n) is 5.20. The van der Waals surface area contributed by atoms with E-state index in [4.69, 9.17) is 4.74 Å². The van der Waals surface area contributed by atoms with Crippen LogP contribution < -0.4 is 10.9 Å². The molecule has 0 bridgehead atoms. The van der Waals surface area contributed by atoms with E-state index in [0.29, 0.717) is 17.8 Å². The maximum Gasteiger partial charge on any atom is 0.407 e. The van der Waals surface area contributed by atoms with E-state index in [-0.39, 0.29) is 17.7 Å². The lowest BCUT2D eigenvalue weighted by molar-refractivity contribution is 0.0492. The average Bonchev–Trinajstić information content (AvgIpc) is 3.06. The zero-order valence-electron chi connectivity index (χ0n) is 17.4. The first-order valence-electron chi connectivity index (χ1n) is 9.80. The van der Waals surface area contributed by atoms with Crippen molar-refractivity contribution in [1.82, 2.24) is 19.8 Å². The maximum atomic E-state index is 12.6. The molecule has 7 heteroatoms. The second-order valence-corrected chi connectivity index (χ2v) is 8.63. The molecule has 3 rings (SSSR count). The molecule has 1 aliphatic rings. The van der Waals surface area contributed by atoms with E-state index in [1.54, 1.807) is 11.6 Å². The van der Waals surface area contributed by atoms with Crippen LogP contribution in [0.3, 0.4) is 0 Å². The minimum absolute atomic E-state index is 0.0173. The van der Waals surface area contributed by atoms with Crippen LogP contribution in [0.5, 0.6) is 0 Å². The van der Waals surface area contributed by atoms with E-state index in [0.717, 1.165) is 30.9 Å². The summed E-state index contributed by atoms with van der Waals surface area (Å²) >= 11 is 0. The summed E-state index contributed by atoms with van der Waals surface area (Å²) in [5.41, 5.74) is 0.213. The van der Waals surface area contributed by atoms with Crippen LogP contribution in [0.15, 0.2) is 29.1 Å². The number of ether oxygens (including phenoxy) is 1. The molecule has 1 aliphatic heterocycles. The molecule has 1 saturated heterocycles. The Morgan fingerprint density at radius 2 is 2.07 bits per heavy atom. The van der Waals surface area contributed by atoms with Gasteiger partial charge in [-0.2, -0.15) is 0 Å². The molecule has 1 fully saturated rings. The number of hydrogen-bond acceptors (Lipinski definition) is 5. The van der Waals surface area contributed by atoms with Crippen molar-refractivity contribution in [3.05, 3.63) is 40.4 Å². The molecule has 1 aromatic heterocycles. The number of nitrogens with one attached hydrogen (secondary N) is 1. The summed E-state index contributed by atoms with van der Waals surface area (Å²) in [7, 11) is 1.78. The lowest BCUT2D eigenvalue weighted by atomic mass is 10.0. The van der Waals surface area contributed by atoms with Crippen molar-refractivity contribution < 1.29 is 9.53 Å². The average molecular weight is 386 g/mol. The molecule has 1 aromatic carbocycles. The van der Waals surface area contributed by atoms with E-state index < -0.39 is 5.60 Å². The van der Waals surface area contributed by atoms with Gasteiger partial charge in [-0.3, -0.25) is 14.3 Å². The van der Waals surface area contributed by atoms with Crippen molar-refractivity contribution in [2.24, 2.45) is 13.0 Å². The molecule has 2 heterocycles. The molecule has 1 amide bonds. The fourth-order valence-electron chi connectivity index (χ4n) is 3.63. The Hall–Kier alpha value is -2.41. The first-order chi connectivity index (χ1) is 13.1. The second-order valence-electron chi connectivity index (χ2n) is 8.63. The van der Waals surface area contributed by atoms with Gasteiger partial charge in [0.05, 0.1) is 17.4 Å². The maximum absolute atomic E-state index is 12.6. The van der Waals surface area contributed by atoms with Crippen molar-refractivity contribution in [3.8, 4) is 0 Å². The van der Waals surface area contributed by atoms with Crippen molar-refractivity contribution in [3.63, 3.8) is 0 Å². The van der Waals surface area contributed by atoms with Crippen LogP contribution in [-0.2, 0) is 18.3 Å². The number of hydrogen-bond donors (Lipinski definition) is 1. The number of rotatable bonds is 4. The highest BCUT2D eigenvalue weighted by Gasteiger charge is 2.29. The molecule has 0 spiro atoms. The first kappa shape index (κ1) is 20.3. The third kappa shape index (κ3) is 4.70. The number of carbonyl (C=O) groups is 1. The third-order valence-corrected chi connectivity index (χ3v) is 5.20. The van der Waals surface area contributed by atoms with Gasteiger partial charge in [0.1, 0.15) is 11.4 Å². The zero-order chi connectivity index (χ0) is 20.5. The lowest BCUT2D eigenvalue weighted by Gasteiger charge is -2.25. The summed E-state index contributed by atoms with van der Waals surface area (Å²) in [6, 6.07) is 7.46. The van der Waals surface area contributed by atoms with Crippen LogP contribution in [0.1, 0.15) is 39.9 Å². The van der Waals surface area contributed by atoms with Gasteiger partial charge in [-0.1, -0.05) is 12.1 Å². The van der Waals surface area contributed by atoms with Crippen molar-refractivity contribution in [2.75, 3.05) is 13.1 Å². The molecule has 2 atom stereocenters. The van der Waals surface area contributed by atoms with Gasteiger partial charge >= 0.3 is 6.09 Å². The van der Waals surface area contributed by atoms with Crippen molar-refractivity contribution >= 4 is 17.0 Å². The van der Waals surface area contributed by atoms with Crippen LogP contribution in [0, 0.1) is 5.92 Å². The number of benzene rings is 1. The number of nitrogens with zero attached hydrogens (tertiary/aromatic N) is 3. The summed E-state index contributed by atoms with van der Waals surface area (Å²) in [5.74, 6) is 1.10. The fourth-order valence-corrected chi connectivity index (χ4v) is 3.63. The van der Waals surface area contributed by atoms with Gasteiger partial charge in [0.15, 0.2) is 0 Å². The number of alkyl carbamates (subject to hydrolysis) is 1. The van der Waals surface area contributed by atoms with Gasteiger partial charge in [0, 0.05) is 19.6 Å². The standard InChI is InChI=1S/C21H30N4O3/c1-14(22-20(27)28-21(2,3)4)15-10-11-25(12-15)13-18-23-17-9-7-6-8-16(17)19(26)24(18)5/h6-9,14-15H,10-13H2,1-5H3,(H,22,27). The Balaban J connectivity index is 1.63. The second kappa shape index (κ2) is 7.91. The van der Waals surface area contributed by atoms with Gasteiger partial charge in [-0.25, -0.2) is 9.78 Å². The highest BCUT2D eigenvalue weighted by atomic mass is 16.6. The SMILES string of the molecule is CC(NC(=O)OC(C)(C)C)C1CCN(Cc2nc3ccccc3c(=O)n2C)C1. The van der Waals surface area contributed by atoms with Gasteiger partial charge in [0.2, 0.25) is 0 Å². The Morgan fingerprint density at radius 1 is 1.36 bits per heavy atom. The predicted molar refractivity (Wildman–Crippen MR) is 109 cm³/mol. The monoisotopic (exact) mass is 386 g/mol. The minimum atomic E-state index is -0.502. The smallest absolute Gasteiger partial charge is 0.407 e. The van der Waals surface area contributed by atoms with Gasteiger partial charge < -0.3 is 10.1 Å². The number of aromatic nitrogens is 2. The Morgan fingerprint density at radius 3 is 2.79 bits per heavy atom. The molecule has 152 valence electrons. The minimum Gasteiger partial charge on any atom is -0.444 e. The largest absolute Gasteiger partial charge is 0.444 e. The predicted octanol–water partition coefficient (Wildman–Crippen LogP) is 2.67. The number of carbonyl (C=O) groups excluding carboxylic acids is 1. The first-order valence-corrected chi connectivity index (χ1v) is 9.80. The quantitative estimate of drug-likeness (QED) is 0.874. The molecule has 0 aliphatic carbocycles. The zero-order valence-corrected chi connectivity index (χ0v) is 17.4. The number of likely N-dealkylation sites (tertiary alicyclic amines) is 1. The fraction of sp³-hybridized carbons (Fsp3) is 0.571. The molecule has 0 saturated carbocycles. The molecule has 28 heavy (non-hydrogen) atoms. The molecular weight excluding hydrogens is 356 g/mol. The van der Waals surface area contributed by atoms with Crippen molar-refractivity contribution in [1.29, 1.82) is 0 Å². The molecule has 2 unspecified atom stereocenters. The van der Waals surface area contributed by atoms with Crippen molar-refractivity contribution in [2.45, 2.75) is 52.3 Å². The van der Waals surface area contributed by atoms with Crippen LogP contribution in [0.2, 0.25) is 0 Å². The van der Waals surface area contributed by atoms with Gasteiger partial charge in [-0.15, -0.1) is 0 Å². The van der Waals surface area contributed by atoms with Crippen LogP contribution in [-0.4, -0.2) is 45.3 Å².